The number of carboxylic acids is 1. The molecule has 1 aliphatic heterocycles. The first kappa shape index (κ1) is 17.8. The van der Waals surface area contributed by atoms with Crippen molar-refractivity contribution in [2.45, 2.75) is 10.9 Å². The van der Waals surface area contributed by atoms with Crippen LogP contribution < -0.4 is 4.74 Å². The maximum absolute atomic E-state index is 12.8. The Labute approximate surface area is 150 Å². The summed E-state index contributed by atoms with van der Waals surface area (Å²) >= 11 is 1.44. The average molecular weight is 379 g/mol. The van der Waals surface area contributed by atoms with Gasteiger partial charge < -0.3 is 9.84 Å². The minimum absolute atomic E-state index is 0.0612. The van der Waals surface area contributed by atoms with Gasteiger partial charge in [0.15, 0.2) is 0 Å². The quantitative estimate of drug-likeness (QED) is 0.860. The highest BCUT2D eigenvalue weighted by molar-refractivity contribution is 7.99. The summed E-state index contributed by atoms with van der Waals surface area (Å²) < 4.78 is 32.3. The van der Waals surface area contributed by atoms with Gasteiger partial charge >= 0.3 is 5.97 Å². The highest BCUT2D eigenvalue weighted by atomic mass is 32.2. The number of hydrogen-bond donors (Lipinski definition) is 1. The number of rotatable bonds is 5. The van der Waals surface area contributed by atoms with Gasteiger partial charge in [0, 0.05) is 18.1 Å². The largest absolute Gasteiger partial charge is 0.480 e. The molecular formula is C17H17NO5S2. The van der Waals surface area contributed by atoms with Gasteiger partial charge in [-0.3, -0.25) is 4.79 Å². The van der Waals surface area contributed by atoms with Crippen LogP contribution in [0.4, 0.5) is 0 Å². The lowest BCUT2D eigenvalue weighted by molar-refractivity contribution is -0.140. The Balaban J connectivity index is 1.81. The molecule has 0 radical (unpaired) electrons. The second-order valence-corrected chi connectivity index (χ2v) is 8.47. The maximum Gasteiger partial charge on any atom is 0.322 e. The summed E-state index contributed by atoms with van der Waals surface area (Å²) in [6.45, 7) is 0.187. The zero-order valence-corrected chi connectivity index (χ0v) is 14.9. The molecule has 2 aromatic carbocycles. The Kier molecular flexibility index (Phi) is 5.31. The third-order valence-electron chi connectivity index (χ3n) is 3.77. The van der Waals surface area contributed by atoms with E-state index < -0.39 is 22.0 Å². The van der Waals surface area contributed by atoms with Crippen molar-refractivity contribution in [2.24, 2.45) is 0 Å². The number of aliphatic carboxylic acids is 1. The fourth-order valence-electron chi connectivity index (χ4n) is 2.51. The molecule has 25 heavy (non-hydrogen) atoms. The van der Waals surface area contributed by atoms with Crippen LogP contribution in [0.1, 0.15) is 0 Å². The summed E-state index contributed by atoms with van der Waals surface area (Å²) in [5.41, 5.74) is 0. The van der Waals surface area contributed by atoms with E-state index in [0.717, 1.165) is 4.31 Å². The van der Waals surface area contributed by atoms with Crippen LogP contribution in [0.15, 0.2) is 59.5 Å². The lowest BCUT2D eigenvalue weighted by Crippen LogP contribution is -2.50. The zero-order valence-electron chi connectivity index (χ0n) is 13.2. The number of carboxylic acid groups (broad SMARTS) is 1. The third kappa shape index (κ3) is 3.97. The first-order chi connectivity index (χ1) is 12.0. The molecule has 0 saturated carbocycles. The van der Waals surface area contributed by atoms with Crippen molar-refractivity contribution < 1.29 is 23.1 Å². The Morgan fingerprint density at radius 3 is 2.36 bits per heavy atom. The number of thioether (sulfide) groups is 1. The van der Waals surface area contributed by atoms with E-state index in [1.165, 1.54) is 23.9 Å². The predicted octanol–water partition coefficient (Wildman–Crippen LogP) is 2.67. The molecule has 1 saturated heterocycles. The van der Waals surface area contributed by atoms with E-state index in [9.17, 15) is 18.3 Å². The molecule has 0 aromatic heterocycles. The minimum Gasteiger partial charge on any atom is -0.480 e. The molecule has 0 amide bonds. The number of hydrogen-bond acceptors (Lipinski definition) is 5. The number of benzene rings is 2. The fourth-order valence-corrected chi connectivity index (χ4v) is 5.34. The smallest absolute Gasteiger partial charge is 0.322 e. The van der Waals surface area contributed by atoms with Gasteiger partial charge in [-0.25, -0.2) is 8.42 Å². The van der Waals surface area contributed by atoms with E-state index in [4.69, 9.17) is 4.74 Å². The van der Waals surface area contributed by atoms with Gasteiger partial charge in [0.2, 0.25) is 10.0 Å². The van der Waals surface area contributed by atoms with E-state index in [1.54, 1.807) is 24.3 Å². The normalized spacial score (nSPS) is 18.6. The minimum atomic E-state index is -3.86. The molecule has 3 rings (SSSR count). The van der Waals surface area contributed by atoms with Gasteiger partial charge in [0.25, 0.3) is 0 Å². The standard InChI is InChI=1S/C17H17NO5S2/c19-17(20)16-12-24-11-10-18(16)25(21,22)15-8-6-14(7-9-15)23-13-4-2-1-3-5-13/h1-9,16H,10-12H2,(H,19,20). The molecule has 1 unspecified atom stereocenters. The molecule has 2 aromatic rings. The van der Waals surface area contributed by atoms with Crippen LogP contribution >= 0.6 is 11.8 Å². The van der Waals surface area contributed by atoms with E-state index >= 15 is 0 Å². The van der Waals surface area contributed by atoms with Crippen molar-refractivity contribution in [3.63, 3.8) is 0 Å². The predicted molar refractivity (Wildman–Crippen MR) is 95.6 cm³/mol. The molecule has 1 aliphatic rings. The number of ether oxygens (including phenoxy) is 1. The Morgan fingerprint density at radius 2 is 1.72 bits per heavy atom. The summed E-state index contributed by atoms with van der Waals surface area (Å²) in [6, 6.07) is 14.1. The number of carbonyl (C=O) groups is 1. The molecule has 0 spiro atoms. The summed E-state index contributed by atoms with van der Waals surface area (Å²) in [5, 5.41) is 9.29. The summed E-state index contributed by atoms with van der Waals surface area (Å²) in [4.78, 5) is 11.4. The van der Waals surface area contributed by atoms with Crippen LogP contribution in [0.5, 0.6) is 11.5 Å². The SMILES string of the molecule is O=C(O)C1CSCCN1S(=O)(=O)c1ccc(Oc2ccccc2)cc1. The van der Waals surface area contributed by atoms with Crippen LogP contribution in [0, 0.1) is 0 Å². The van der Waals surface area contributed by atoms with E-state index in [0.29, 0.717) is 17.3 Å². The Hall–Kier alpha value is -2.03. The maximum atomic E-state index is 12.8. The summed E-state index contributed by atoms with van der Waals surface area (Å²) in [5.74, 6) is 0.869. The molecule has 8 heteroatoms. The third-order valence-corrected chi connectivity index (χ3v) is 6.72. The molecule has 1 fully saturated rings. The van der Waals surface area contributed by atoms with Gasteiger partial charge in [-0.15, -0.1) is 0 Å². The van der Waals surface area contributed by atoms with Crippen LogP contribution in [-0.2, 0) is 14.8 Å². The summed E-state index contributed by atoms with van der Waals surface area (Å²) in [6.07, 6.45) is 0. The van der Waals surface area contributed by atoms with Gasteiger partial charge in [0.1, 0.15) is 17.5 Å². The molecule has 1 N–H and O–H groups in total. The summed E-state index contributed by atoms with van der Waals surface area (Å²) in [7, 11) is -3.86. The monoisotopic (exact) mass is 379 g/mol. The van der Waals surface area contributed by atoms with E-state index in [2.05, 4.69) is 0 Å². The van der Waals surface area contributed by atoms with Gasteiger partial charge in [0.05, 0.1) is 4.90 Å². The van der Waals surface area contributed by atoms with E-state index in [-0.39, 0.29) is 17.2 Å². The van der Waals surface area contributed by atoms with Gasteiger partial charge in [-0.05, 0) is 36.4 Å². The second kappa shape index (κ2) is 7.47. The van der Waals surface area contributed by atoms with Crippen molar-refractivity contribution in [3.8, 4) is 11.5 Å². The first-order valence-electron chi connectivity index (χ1n) is 7.64. The highest BCUT2D eigenvalue weighted by Gasteiger charge is 2.37. The Morgan fingerprint density at radius 1 is 1.08 bits per heavy atom. The molecule has 6 nitrogen and oxygen atoms in total. The highest BCUT2D eigenvalue weighted by Crippen LogP contribution is 2.27. The van der Waals surface area contributed by atoms with Crippen molar-refractivity contribution in [1.82, 2.24) is 4.31 Å². The lowest BCUT2D eigenvalue weighted by atomic mass is 10.3. The first-order valence-corrected chi connectivity index (χ1v) is 10.2. The molecule has 1 atom stereocenters. The van der Waals surface area contributed by atoms with Crippen molar-refractivity contribution in [3.05, 3.63) is 54.6 Å². The molecule has 0 bridgehead atoms. The van der Waals surface area contributed by atoms with Crippen LogP contribution in [0.3, 0.4) is 0 Å². The van der Waals surface area contributed by atoms with Crippen molar-refractivity contribution in [1.29, 1.82) is 0 Å². The molecule has 132 valence electrons. The fraction of sp³-hybridized carbons (Fsp3) is 0.235. The number of nitrogens with zero attached hydrogens (tertiary/aromatic N) is 1. The Bertz CT molecular complexity index is 837. The van der Waals surface area contributed by atoms with Crippen LogP contribution in [0.2, 0.25) is 0 Å². The number of sulfonamides is 1. The van der Waals surface area contributed by atoms with Crippen molar-refractivity contribution >= 4 is 27.8 Å². The average Bonchev–Trinajstić information content (AvgIpc) is 2.63. The second-order valence-electron chi connectivity index (χ2n) is 5.43. The topological polar surface area (TPSA) is 83.9 Å². The van der Waals surface area contributed by atoms with Gasteiger partial charge in [-0.2, -0.15) is 16.1 Å². The molecular weight excluding hydrogens is 362 g/mol. The zero-order chi connectivity index (χ0) is 17.9. The molecule has 1 heterocycles. The van der Waals surface area contributed by atoms with Crippen molar-refractivity contribution in [2.75, 3.05) is 18.1 Å². The van der Waals surface area contributed by atoms with E-state index in [1.807, 2.05) is 18.2 Å². The lowest BCUT2D eigenvalue weighted by Gasteiger charge is -2.31. The van der Waals surface area contributed by atoms with Gasteiger partial charge in [-0.1, -0.05) is 18.2 Å². The number of para-hydroxylation sites is 1. The molecule has 0 aliphatic carbocycles. The van der Waals surface area contributed by atoms with Crippen LogP contribution in [-0.4, -0.2) is 47.9 Å². The van der Waals surface area contributed by atoms with Crippen LogP contribution in [0.25, 0.3) is 0 Å².